The van der Waals surface area contributed by atoms with Gasteiger partial charge in [0.25, 0.3) is 5.91 Å². The van der Waals surface area contributed by atoms with Crippen LogP contribution in [0.15, 0.2) is 42.5 Å². The minimum atomic E-state index is -4.88. The Morgan fingerprint density at radius 3 is 2.37 bits per heavy atom. The second kappa shape index (κ2) is 9.34. The van der Waals surface area contributed by atoms with Crippen molar-refractivity contribution in [3.63, 3.8) is 0 Å². The summed E-state index contributed by atoms with van der Waals surface area (Å²) in [6.07, 6.45) is -4.88. The summed E-state index contributed by atoms with van der Waals surface area (Å²) in [6, 6.07) is 10.6. The fourth-order valence-corrected chi connectivity index (χ4v) is 2.79. The Balaban J connectivity index is 2.12. The molecule has 1 heterocycles. The summed E-state index contributed by atoms with van der Waals surface area (Å²) >= 11 is 0. The predicted octanol–water partition coefficient (Wildman–Crippen LogP) is 3.81. The zero-order valence-electron chi connectivity index (χ0n) is 17.4. The number of nitrogens with zero attached hydrogens (tertiary/aromatic N) is 3. The maximum absolute atomic E-state index is 12.8. The van der Waals surface area contributed by atoms with E-state index in [1.54, 1.807) is 46.0 Å². The van der Waals surface area contributed by atoms with Crippen molar-refractivity contribution < 1.29 is 27.8 Å². The van der Waals surface area contributed by atoms with Crippen molar-refractivity contribution in [2.45, 2.75) is 32.7 Å². The zero-order chi connectivity index (χ0) is 22.5. The molecule has 0 spiro atoms. The highest BCUT2D eigenvalue weighted by molar-refractivity contribution is 5.97. The van der Waals surface area contributed by atoms with E-state index in [2.05, 4.69) is 9.72 Å². The van der Waals surface area contributed by atoms with Crippen LogP contribution in [-0.2, 0) is 5.60 Å². The number of anilines is 1. The van der Waals surface area contributed by atoms with Gasteiger partial charge in [0, 0.05) is 26.7 Å². The molecule has 0 bridgehead atoms. The SMILES string of the molecule is CCN(CCN(C)c1cccc(C(C)(C)O)n1)C(=O)c1ccccc1OC(F)(F)F. The van der Waals surface area contributed by atoms with Gasteiger partial charge in [0.1, 0.15) is 17.2 Å². The minimum Gasteiger partial charge on any atom is -0.405 e. The van der Waals surface area contributed by atoms with Crippen molar-refractivity contribution in [2.24, 2.45) is 0 Å². The molecule has 0 radical (unpaired) electrons. The van der Waals surface area contributed by atoms with Gasteiger partial charge in [-0.1, -0.05) is 18.2 Å². The molecular formula is C21H26F3N3O3. The summed E-state index contributed by atoms with van der Waals surface area (Å²) in [6.45, 7) is 5.99. The first-order valence-electron chi connectivity index (χ1n) is 9.47. The largest absolute Gasteiger partial charge is 0.573 e. The number of carbonyl (C=O) groups is 1. The molecule has 9 heteroatoms. The number of carbonyl (C=O) groups excluding carboxylic acids is 1. The maximum atomic E-state index is 12.8. The average Bonchev–Trinajstić information content (AvgIpc) is 2.66. The number of aromatic nitrogens is 1. The molecule has 0 aliphatic rings. The average molecular weight is 425 g/mol. The summed E-state index contributed by atoms with van der Waals surface area (Å²) in [5.74, 6) is -0.468. The second-order valence-electron chi connectivity index (χ2n) is 7.29. The topological polar surface area (TPSA) is 65.9 Å². The third-order valence-electron chi connectivity index (χ3n) is 4.47. The number of hydrogen-bond donors (Lipinski definition) is 1. The van der Waals surface area contributed by atoms with E-state index in [1.165, 1.54) is 23.1 Å². The number of likely N-dealkylation sites (N-methyl/N-ethyl adjacent to an activating group) is 2. The Kier molecular flexibility index (Phi) is 7.30. The van der Waals surface area contributed by atoms with Crippen LogP contribution in [0.2, 0.25) is 0 Å². The molecule has 0 fully saturated rings. The van der Waals surface area contributed by atoms with E-state index in [0.29, 0.717) is 24.6 Å². The number of aliphatic hydroxyl groups is 1. The van der Waals surface area contributed by atoms with E-state index in [1.807, 2.05) is 4.90 Å². The lowest BCUT2D eigenvalue weighted by Crippen LogP contribution is -2.38. The lowest BCUT2D eigenvalue weighted by molar-refractivity contribution is -0.274. The number of benzene rings is 1. The molecule has 0 aliphatic carbocycles. The number of halogens is 3. The van der Waals surface area contributed by atoms with Crippen molar-refractivity contribution in [3.8, 4) is 5.75 Å². The van der Waals surface area contributed by atoms with Gasteiger partial charge in [-0.05, 0) is 45.0 Å². The van der Waals surface area contributed by atoms with Crippen LogP contribution in [0.1, 0.15) is 36.8 Å². The van der Waals surface area contributed by atoms with E-state index in [-0.39, 0.29) is 12.1 Å². The highest BCUT2D eigenvalue weighted by Crippen LogP contribution is 2.27. The Labute approximate surface area is 173 Å². The third-order valence-corrected chi connectivity index (χ3v) is 4.47. The predicted molar refractivity (Wildman–Crippen MR) is 107 cm³/mol. The summed E-state index contributed by atoms with van der Waals surface area (Å²) in [4.78, 5) is 20.5. The fraction of sp³-hybridized carbons (Fsp3) is 0.429. The quantitative estimate of drug-likeness (QED) is 0.697. The summed E-state index contributed by atoms with van der Waals surface area (Å²) < 4.78 is 41.9. The molecule has 0 saturated heterocycles. The van der Waals surface area contributed by atoms with Gasteiger partial charge >= 0.3 is 6.36 Å². The third kappa shape index (κ3) is 6.35. The lowest BCUT2D eigenvalue weighted by Gasteiger charge is -2.27. The fourth-order valence-electron chi connectivity index (χ4n) is 2.79. The highest BCUT2D eigenvalue weighted by atomic mass is 19.4. The summed E-state index contributed by atoms with van der Waals surface area (Å²) in [7, 11) is 1.79. The molecule has 164 valence electrons. The Morgan fingerprint density at radius 2 is 1.77 bits per heavy atom. The summed E-state index contributed by atoms with van der Waals surface area (Å²) in [5.41, 5.74) is -0.736. The van der Waals surface area contributed by atoms with Crippen LogP contribution in [0, 0.1) is 0 Å². The number of rotatable bonds is 8. The van der Waals surface area contributed by atoms with E-state index in [4.69, 9.17) is 0 Å². The van der Waals surface area contributed by atoms with E-state index < -0.39 is 23.6 Å². The van der Waals surface area contributed by atoms with E-state index >= 15 is 0 Å². The van der Waals surface area contributed by atoms with Gasteiger partial charge in [0.15, 0.2) is 0 Å². The second-order valence-corrected chi connectivity index (χ2v) is 7.29. The van der Waals surface area contributed by atoms with E-state index in [9.17, 15) is 23.1 Å². The van der Waals surface area contributed by atoms with Crippen LogP contribution in [0.5, 0.6) is 5.75 Å². The van der Waals surface area contributed by atoms with Crippen molar-refractivity contribution in [3.05, 3.63) is 53.7 Å². The van der Waals surface area contributed by atoms with Crippen LogP contribution in [-0.4, -0.2) is 53.9 Å². The normalized spacial score (nSPS) is 11.9. The molecule has 2 rings (SSSR count). The van der Waals surface area contributed by atoms with Crippen molar-refractivity contribution in [2.75, 3.05) is 31.6 Å². The molecule has 1 N–H and O–H groups in total. The Bertz CT molecular complexity index is 866. The summed E-state index contributed by atoms with van der Waals surface area (Å²) in [5, 5.41) is 10.1. The molecule has 1 aromatic heterocycles. The zero-order valence-corrected chi connectivity index (χ0v) is 17.4. The lowest BCUT2D eigenvalue weighted by atomic mass is 10.1. The van der Waals surface area contributed by atoms with Gasteiger partial charge < -0.3 is 19.6 Å². The Morgan fingerprint density at radius 1 is 1.10 bits per heavy atom. The first-order valence-corrected chi connectivity index (χ1v) is 9.47. The molecular weight excluding hydrogens is 399 g/mol. The maximum Gasteiger partial charge on any atom is 0.573 e. The van der Waals surface area contributed by atoms with Crippen LogP contribution in [0.25, 0.3) is 0 Å². The standard InChI is InChI=1S/C21H26F3N3O3/c1-5-27(19(28)15-9-6-7-10-16(15)30-21(22,23)24)14-13-26(4)18-12-8-11-17(25-18)20(2,3)29/h6-12,29H,5,13-14H2,1-4H3. The molecule has 0 saturated carbocycles. The number of pyridine rings is 1. The van der Waals surface area contributed by atoms with Crippen molar-refractivity contribution in [1.82, 2.24) is 9.88 Å². The number of para-hydroxylation sites is 1. The molecule has 0 atom stereocenters. The smallest absolute Gasteiger partial charge is 0.405 e. The molecule has 0 unspecified atom stereocenters. The minimum absolute atomic E-state index is 0.151. The molecule has 30 heavy (non-hydrogen) atoms. The first kappa shape index (κ1) is 23.5. The van der Waals surface area contributed by atoms with Crippen LogP contribution in [0.4, 0.5) is 19.0 Å². The van der Waals surface area contributed by atoms with Crippen LogP contribution < -0.4 is 9.64 Å². The van der Waals surface area contributed by atoms with Gasteiger partial charge in [-0.3, -0.25) is 4.79 Å². The van der Waals surface area contributed by atoms with Gasteiger partial charge in [-0.2, -0.15) is 0 Å². The van der Waals surface area contributed by atoms with Crippen molar-refractivity contribution in [1.29, 1.82) is 0 Å². The van der Waals surface area contributed by atoms with Gasteiger partial charge in [0.2, 0.25) is 0 Å². The highest BCUT2D eigenvalue weighted by Gasteiger charge is 2.33. The van der Waals surface area contributed by atoms with Gasteiger partial charge in [0.05, 0.1) is 11.3 Å². The van der Waals surface area contributed by atoms with Crippen LogP contribution >= 0.6 is 0 Å². The van der Waals surface area contributed by atoms with Gasteiger partial charge in [-0.15, -0.1) is 13.2 Å². The first-order chi connectivity index (χ1) is 13.9. The number of alkyl halides is 3. The number of hydrogen-bond acceptors (Lipinski definition) is 5. The Hall–Kier alpha value is -2.81. The van der Waals surface area contributed by atoms with Crippen molar-refractivity contribution >= 4 is 11.7 Å². The van der Waals surface area contributed by atoms with Crippen LogP contribution in [0.3, 0.4) is 0 Å². The number of amides is 1. The van der Waals surface area contributed by atoms with E-state index in [0.717, 1.165) is 6.07 Å². The monoisotopic (exact) mass is 425 g/mol. The number of ether oxygens (including phenoxy) is 1. The van der Waals surface area contributed by atoms with Gasteiger partial charge in [-0.25, -0.2) is 4.98 Å². The molecule has 1 amide bonds. The molecule has 1 aromatic carbocycles. The molecule has 2 aromatic rings. The molecule has 6 nitrogen and oxygen atoms in total. The molecule has 0 aliphatic heterocycles.